The number of hydrogen-bond donors (Lipinski definition) is 1. The summed E-state index contributed by atoms with van der Waals surface area (Å²) in [5.41, 5.74) is 1.03. The van der Waals surface area contributed by atoms with Crippen LogP contribution in [0.4, 0.5) is 4.39 Å². The molecule has 1 aromatic rings. The molecule has 1 N–H and O–H groups in total. The van der Waals surface area contributed by atoms with Crippen molar-refractivity contribution in [2.75, 3.05) is 12.4 Å². The van der Waals surface area contributed by atoms with E-state index in [4.69, 9.17) is 0 Å². The first-order valence-corrected chi connectivity index (χ1v) is 7.85. The van der Waals surface area contributed by atoms with Gasteiger partial charge in [-0.2, -0.15) is 0 Å². The van der Waals surface area contributed by atoms with Crippen molar-refractivity contribution in [3.8, 4) is 0 Å². The van der Waals surface area contributed by atoms with E-state index in [0.29, 0.717) is 24.0 Å². The molecule has 1 atom stereocenters. The van der Waals surface area contributed by atoms with E-state index >= 15 is 0 Å². The summed E-state index contributed by atoms with van der Waals surface area (Å²) in [7, 11) is -3.34. The lowest BCUT2D eigenvalue weighted by Crippen LogP contribution is -2.42. The van der Waals surface area contributed by atoms with Crippen LogP contribution in [0, 0.1) is 0 Å². The lowest BCUT2D eigenvalue weighted by molar-refractivity contribution is 0.0917. The van der Waals surface area contributed by atoms with Crippen LogP contribution in [0.3, 0.4) is 0 Å². The molecule has 1 unspecified atom stereocenters. The molecule has 0 spiro atoms. The predicted octanol–water partition coefficient (Wildman–Crippen LogP) is 1.49. The van der Waals surface area contributed by atoms with Crippen molar-refractivity contribution < 1.29 is 17.6 Å². The van der Waals surface area contributed by atoms with Crippen molar-refractivity contribution in [2.45, 2.75) is 30.7 Å². The third-order valence-corrected chi connectivity index (χ3v) is 5.06. The summed E-state index contributed by atoms with van der Waals surface area (Å²) in [6.45, 7) is 1.16. The quantitative estimate of drug-likeness (QED) is 0.911. The van der Waals surface area contributed by atoms with Crippen LogP contribution in [-0.4, -0.2) is 32.8 Å². The topological polar surface area (TPSA) is 63.2 Å². The second-order valence-electron chi connectivity index (χ2n) is 4.67. The molecular weight excluding hydrogens is 269 g/mol. The van der Waals surface area contributed by atoms with Crippen molar-refractivity contribution in [3.63, 3.8) is 0 Å². The second kappa shape index (κ2) is 5.28. The average molecular weight is 285 g/mol. The van der Waals surface area contributed by atoms with Crippen LogP contribution in [0.2, 0.25) is 0 Å². The minimum atomic E-state index is -3.34. The number of rotatable bonds is 4. The molecule has 104 valence electrons. The van der Waals surface area contributed by atoms with Gasteiger partial charge in [0, 0.05) is 5.56 Å². The maximum atomic E-state index is 12.6. The summed E-state index contributed by atoms with van der Waals surface area (Å²) >= 11 is 0. The molecule has 0 aromatic heterocycles. The highest BCUT2D eigenvalue weighted by molar-refractivity contribution is 7.91. The molecule has 4 nitrogen and oxygen atoms in total. The SMILES string of the molecule is CCCS(=O)(=O)c1ccc2c(c1)C(=O)NC(CF)C2. The first-order valence-electron chi connectivity index (χ1n) is 6.20. The summed E-state index contributed by atoms with van der Waals surface area (Å²) in [4.78, 5) is 12.0. The van der Waals surface area contributed by atoms with Crippen molar-refractivity contribution in [2.24, 2.45) is 0 Å². The Morgan fingerprint density at radius 2 is 2.16 bits per heavy atom. The zero-order chi connectivity index (χ0) is 14.0. The Labute approximate surface area is 111 Å². The number of carbonyl (C=O) groups excluding carboxylic acids is 1. The molecule has 0 fully saturated rings. The molecule has 6 heteroatoms. The van der Waals surface area contributed by atoms with Crippen molar-refractivity contribution >= 4 is 15.7 Å². The van der Waals surface area contributed by atoms with Crippen LogP contribution in [0.5, 0.6) is 0 Å². The summed E-state index contributed by atoms with van der Waals surface area (Å²) in [6.07, 6.45) is 0.918. The molecule has 0 saturated heterocycles. The summed E-state index contributed by atoms with van der Waals surface area (Å²) in [6, 6.07) is 3.99. The Hall–Kier alpha value is -1.43. The van der Waals surface area contributed by atoms with E-state index in [0.717, 1.165) is 0 Å². The molecule has 0 aliphatic carbocycles. The van der Waals surface area contributed by atoms with Gasteiger partial charge in [-0.1, -0.05) is 13.0 Å². The first kappa shape index (κ1) is 14.0. The number of hydrogen-bond acceptors (Lipinski definition) is 3. The molecular formula is C13H16FNO3S. The zero-order valence-electron chi connectivity index (χ0n) is 10.6. The Kier molecular flexibility index (Phi) is 3.89. The van der Waals surface area contributed by atoms with Crippen LogP contribution in [0.15, 0.2) is 23.1 Å². The van der Waals surface area contributed by atoms with Gasteiger partial charge < -0.3 is 5.32 Å². The van der Waals surface area contributed by atoms with Crippen LogP contribution < -0.4 is 5.32 Å². The maximum absolute atomic E-state index is 12.6. The number of alkyl halides is 1. The van der Waals surface area contributed by atoms with Gasteiger partial charge in [0.15, 0.2) is 9.84 Å². The number of fused-ring (bicyclic) bond motifs is 1. The molecule has 1 heterocycles. The molecule has 0 saturated carbocycles. The van der Waals surface area contributed by atoms with Gasteiger partial charge in [0.2, 0.25) is 0 Å². The average Bonchev–Trinajstić information content (AvgIpc) is 2.38. The molecule has 1 aliphatic heterocycles. The summed E-state index contributed by atoms with van der Waals surface area (Å²) < 4.78 is 36.5. The predicted molar refractivity (Wildman–Crippen MR) is 69.7 cm³/mol. The highest BCUT2D eigenvalue weighted by Gasteiger charge is 2.26. The number of halogens is 1. The van der Waals surface area contributed by atoms with Crippen LogP contribution >= 0.6 is 0 Å². The van der Waals surface area contributed by atoms with Crippen molar-refractivity contribution in [1.29, 1.82) is 0 Å². The van der Waals surface area contributed by atoms with E-state index in [1.807, 2.05) is 0 Å². The number of benzene rings is 1. The van der Waals surface area contributed by atoms with E-state index in [-0.39, 0.29) is 10.6 Å². The van der Waals surface area contributed by atoms with Gasteiger partial charge in [-0.05, 0) is 30.5 Å². The van der Waals surface area contributed by atoms with Crippen LogP contribution in [-0.2, 0) is 16.3 Å². The molecule has 2 rings (SSSR count). The highest BCUT2D eigenvalue weighted by atomic mass is 32.2. The fourth-order valence-corrected chi connectivity index (χ4v) is 3.54. The third kappa shape index (κ3) is 2.78. The van der Waals surface area contributed by atoms with E-state index in [1.165, 1.54) is 12.1 Å². The van der Waals surface area contributed by atoms with Crippen molar-refractivity contribution in [3.05, 3.63) is 29.3 Å². The molecule has 1 amide bonds. The van der Waals surface area contributed by atoms with Crippen LogP contribution in [0.25, 0.3) is 0 Å². The van der Waals surface area contributed by atoms with Gasteiger partial charge in [0.25, 0.3) is 5.91 Å². The van der Waals surface area contributed by atoms with Crippen LogP contribution in [0.1, 0.15) is 29.3 Å². The minimum absolute atomic E-state index is 0.0561. The van der Waals surface area contributed by atoms with E-state index < -0.39 is 28.5 Å². The lowest BCUT2D eigenvalue weighted by Gasteiger charge is -2.23. The summed E-state index contributed by atoms with van der Waals surface area (Å²) in [5.74, 6) is -0.349. The maximum Gasteiger partial charge on any atom is 0.251 e. The van der Waals surface area contributed by atoms with Gasteiger partial charge >= 0.3 is 0 Å². The normalized spacial score (nSPS) is 18.8. The van der Waals surface area contributed by atoms with Gasteiger partial charge in [0.05, 0.1) is 16.7 Å². The Bertz CT molecular complexity index is 598. The molecule has 1 aliphatic rings. The lowest BCUT2D eigenvalue weighted by atomic mass is 9.96. The van der Waals surface area contributed by atoms with E-state index in [2.05, 4.69) is 5.32 Å². The van der Waals surface area contributed by atoms with Crippen molar-refractivity contribution in [1.82, 2.24) is 5.32 Å². The van der Waals surface area contributed by atoms with Gasteiger partial charge in [-0.3, -0.25) is 4.79 Å². The third-order valence-electron chi connectivity index (χ3n) is 3.15. The van der Waals surface area contributed by atoms with E-state index in [1.54, 1.807) is 13.0 Å². The van der Waals surface area contributed by atoms with Gasteiger partial charge in [-0.15, -0.1) is 0 Å². The second-order valence-corrected chi connectivity index (χ2v) is 6.78. The van der Waals surface area contributed by atoms with Gasteiger partial charge in [-0.25, -0.2) is 12.8 Å². The Morgan fingerprint density at radius 3 is 2.79 bits per heavy atom. The number of sulfone groups is 1. The fourth-order valence-electron chi connectivity index (χ4n) is 2.20. The first-order chi connectivity index (χ1) is 8.97. The number of amides is 1. The number of carbonyl (C=O) groups is 1. The fraction of sp³-hybridized carbons (Fsp3) is 0.462. The van der Waals surface area contributed by atoms with E-state index in [9.17, 15) is 17.6 Å². The Balaban J connectivity index is 2.40. The molecule has 19 heavy (non-hydrogen) atoms. The minimum Gasteiger partial charge on any atom is -0.346 e. The number of nitrogens with one attached hydrogen (secondary N) is 1. The summed E-state index contributed by atoms with van der Waals surface area (Å²) in [5, 5.41) is 2.52. The standard InChI is InChI=1S/C13H16FNO3S/c1-2-5-19(17,18)11-4-3-9-6-10(8-14)15-13(16)12(9)7-11/h3-4,7,10H,2,5-6,8H2,1H3,(H,15,16). The highest BCUT2D eigenvalue weighted by Crippen LogP contribution is 2.22. The molecule has 0 radical (unpaired) electrons. The smallest absolute Gasteiger partial charge is 0.251 e. The zero-order valence-corrected chi connectivity index (χ0v) is 11.5. The molecule has 0 bridgehead atoms. The molecule has 1 aromatic carbocycles. The Morgan fingerprint density at radius 1 is 1.42 bits per heavy atom. The largest absolute Gasteiger partial charge is 0.346 e. The van der Waals surface area contributed by atoms with Gasteiger partial charge in [0.1, 0.15) is 6.67 Å². The monoisotopic (exact) mass is 285 g/mol.